The minimum Gasteiger partial charge on any atom is -0.352 e. The smallest absolute Gasteiger partial charge is 0.299 e. The number of benzene rings is 4. The maximum atomic E-state index is 13.6. The number of rotatable bonds is 16. The number of hydrogen-bond acceptors (Lipinski definition) is 6. The molecule has 2 N–H and O–H groups in total. The summed E-state index contributed by atoms with van der Waals surface area (Å²) in [7, 11) is 0. The maximum absolute atomic E-state index is 13.6. The summed E-state index contributed by atoms with van der Waals surface area (Å²) >= 11 is 0. The van der Waals surface area contributed by atoms with Crippen LogP contribution in [0.3, 0.4) is 0 Å². The van der Waals surface area contributed by atoms with E-state index in [1.165, 1.54) is 22.0 Å². The van der Waals surface area contributed by atoms with Gasteiger partial charge in [-0.3, -0.25) is 38.6 Å². The Morgan fingerprint density at radius 3 is 1.18 bits per heavy atom. The molecule has 0 heterocycles. The van der Waals surface area contributed by atoms with Crippen molar-refractivity contribution in [2.45, 2.75) is 96.6 Å². The number of nitrogens with zero attached hydrogens (tertiary/aromatic N) is 2. The van der Waals surface area contributed by atoms with E-state index in [0.717, 1.165) is 97.6 Å². The molecule has 0 unspecified atom stereocenters. The fraction of sp³-hybridized carbons (Fsp3) is 0.333. The highest BCUT2D eigenvalue weighted by atomic mass is 16.2. The summed E-state index contributed by atoms with van der Waals surface area (Å²) in [4.78, 5) is 82.6. The van der Waals surface area contributed by atoms with Crippen molar-refractivity contribution in [1.82, 2.24) is 10.6 Å². The number of anilines is 2. The number of amides is 4. The Hall–Kier alpha value is -6.42. The molecule has 4 aromatic rings. The zero-order chi connectivity index (χ0) is 43.1. The summed E-state index contributed by atoms with van der Waals surface area (Å²) in [5.41, 5.74) is 6.36. The fourth-order valence-corrected chi connectivity index (χ4v) is 7.82. The third kappa shape index (κ3) is 13.3. The number of hydrogen-bond donors (Lipinski definition) is 2. The minimum atomic E-state index is -0.804. The van der Waals surface area contributed by atoms with Crippen molar-refractivity contribution in [3.8, 4) is 0 Å². The van der Waals surface area contributed by atoms with Gasteiger partial charge in [0.2, 0.25) is 23.4 Å². The molecule has 61 heavy (non-hydrogen) atoms. The van der Waals surface area contributed by atoms with Crippen molar-refractivity contribution >= 4 is 58.7 Å². The molecule has 10 heteroatoms. The van der Waals surface area contributed by atoms with E-state index in [0.29, 0.717) is 17.8 Å². The minimum absolute atomic E-state index is 0.0504. The van der Waals surface area contributed by atoms with E-state index in [2.05, 4.69) is 10.6 Å². The normalized spacial score (nSPS) is 14.7. The van der Waals surface area contributed by atoms with Crippen molar-refractivity contribution in [3.63, 3.8) is 0 Å². The van der Waals surface area contributed by atoms with Gasteiger partial charge in [-0.05, 0) is 105 Å². The molecule has 0 atom stereocenters. The highest BCUT2D eigenvalue weighted by Crippen LogP contribution is 2.23. The lowest BCUT2D eigenvalue weighted by molar-refractivity contribution is -0.134. The second kappa shape index (κ2) is 21.7. The molecule has 0 saturated heterocycles. The average Bonchev–Trinajstić information content (AvgIpc) is 3.27. The molecule has 6 rings (SSSR count). The molecule has 10 nitrogen and oxygen atoms in total. The molecule has 0 aromatic heterocycles. The SMILES string of the molecule is Cc1ccc(/C=C/C(=O)C(=O)N(CC(=O)NC2CCCCC2)c2ccc(Cc3ccc(N(CC(=O)NC4CCCCC4)C(=O)C(=O)/C=C/c4ccc(C)cc4)cc3)cc2)cc1. The highest BCUT2D eigenvalue weighted by Gasteiger charge is 2.27. The number of carbonyl (C=O) groups is 6. The lowest BCUT2D eigenvalue weighted by Gasteiger charge is -2.26. The van der Waals surface area contributed by atoms with Crippen LogP contribution >= 0.6 is 0 Å². The standard InChI is InChI=1S/C51H56N4O6/c1-36-13-17-38(18-14-36)25-31-46(56)50(60)54(34-48(58)52-42-9-5-3-6-10-42)44-27-21-40(22-28-44)33-41-23-29-45(30-24-41)55(35-49(59)53-43-11-7-4-8-12-43)51(61)47(57)32-26-39-19-15-37(2)16-20-39/h13-32,42-43H,3-12,33-35H2,1-2H3,(H,52,58)(H,53,59)/b31-25+,32-26+. The molecule has 4 amide bonds. The van der Waals surface area contributed by atoms with Gasteiger partial charge >= 0.3 is 0 Å². The van der Waals surface area contributed by atoms with E-state index in [4.69, 9.17) is 0 Å². The Kier molecular flexibility index (Phi) is 15.7. The third-order valence-corrected chi connectivity index (χ3v) is 11.4. The topological polar surface area (TPSA) is 133 Å². The molecule has 0 spiro atoms. The largest absolute Gasteiger partial charge is 0.352 e. The predicted molar refractivity (Wildman–Crippen MR) is 241 cm³/mol. The zero-order valence-corrected chi connectivity index (χ0v) is 35.2. The van der Waals surface area contributed by atoms with Gasteiger partial charge in [0.15, 0.2) is 0 Å². The van der Waals surface area contributed by atoms with Crippen molar-refractivity contribution in [2.75, 3.05) is 22.9 Å². The van der Waals surface area contributed by atoms with Gasteiger partial charge < -0.3 is 10.6 Å². The maximum Gasteiger partial charge on any atom is 0.299 e. The number of carbonyl (C=O) groups excluding carboxylic acids is 6. The molecular weight excluding hydrogens is 765 g/mol. The first-order valence-electron chi connectivity index (χ1n) is 21.5. The fourth-order valence-electron chi connectivity index (χ4n) is 7.82. The van der Waals surface area contributed by atoms with Crippen LogP contribution in [0.2, 0.25) is 0 Å². The number of ketones is 2. The van der Waals surface area contributed by atoms with Crippen LogP contribution in [0, 0.1) is 13.8 Å². The van der Waals surface area contributed by atoms with Gasteiger partial charge in [-0.1, -0.05) is 135 Å². The van der Waals surface area contributed by atoms with Crippen molar-refractivity contribution < 1.29 is 28.8 Å². The van der Waals surface area contributed by atoms with Gasteiger partial charge in [0.25, 0.3) is 11.8 Å². The number of aryl methyl sites for hydroxylation is 2. The Balaban J connectivity index is 1.16. The lowest BCUT2D eigenvalue weighted by Crippen LogP contribution is -2.46. The lowest BCUT2D eigenvalue weighted by atomic mass is 9.95. The van der Waals surface area contributed by atoms with Crippen molar-refractivity contribution in [1.29, 1.82) is 0 Å². The monoisotopic (exact) mass is 820 g/mol. The van der Waals surface area contributed by atoms with E-state index in [-0.39, 0.29) is 37.0 Å². The Bertz CT molecular complexity index is 2060. The Morgan fingerprint density at radius 2 is 0.836 bits per heavy atom. The van der Waals surface area contributed by atoms with Gasteiger partial charge in [0, 0.05) is 23.5 Å². The van der Waals surface area contributed by atoms with E-state index in [1.54, 1.807) is 36.4 Å². The van der Waals surface area contributed by atoms with Crippen LogP contribution in [0.25, 0.3) is 12.2 Å². The molecular formula is C51H56N4O6. The van der Waals surface area contributed by atoms with Crippen LogP contribution in [0.1, 0.15) is 97.6 Å². The summed E-state index contributed by atoms with van der Waals surface area (Å²) in [6, 6.07) is 29.6. The molecule has 0 radical (unpaired) electrons. The van der Waals surface area contributed by atoms with Gasteiger partial charge in [-0.15, -0.1) is 0 Å². The Morgan fingerprint density at radius 1 is 0.492 bits per heavy atom. The van der Waals surface area contributed by atoms with Crippen LogP contribution in [-0.4, -0.2) is 60.4 Å². The molecule has 2 fully saturated rings. The van der Waals surface area contributed by atoms with Crippen LogP contribution in [0.15, 0.2) is 109 Å². The predicted octanol–water partition coefficient (Wildman–Crippen LogP) is 8.02. The molecule has 0 bridgehead atoms. The zero-order valence-electron chi connectivity index (χ0n) is 35.2. The third-order valence-electron chi connectivity index (χ3n) is 11.4. The molecule has 2 aliphatic carbocycles. The Labute approximate surface area is 359 Å². The molecule has 4 aromatic carbocycles. The summed E-state index contributed by atoms with van der Waals surface area (Å²) in [6.45, 7) is 3.35. The summed E-state index contributed by atoms with van der Waals surface area (Å²) in [5, 5.41) is 6.12. The molecule has 2 aliphatic rings. The first-order valence-corrected chi connectivity index (χ1v) is 21.5. The summed E-state index contributed by atoms with van der Waals surface area (Å²) < 4.78 is 0. The van der Waals surface area contributed by atoms with Crippen LogP contribution in [-0.2, 0) is 35.2 Å². The van der Waals surface area contributed by atoms with Gasteiger partial charge in [-0.2, -0.15) is 0 Å². The highest BCUT2D eigenvalue weighted by molar-refractivity contribution is 6.46. The van der Waals surface area contributed by atoms with Crippen LogP contribution in [0.4, 0.5) is 11.4 Å². The van der Waals surface area contributed by atoms with E-state index in [9.17, 15) is 28.8 Å². The molecule has 2 saturated carbocycles. The van der Waals surface area contributed by atoms with E-state index < -0.39 is 23.4 Å². The van der Waals surface area contributed by atoms with Crippen LogP contribution in [0.5, 0.6) is 0 Å². The average molecular weight is 821 g/mol. The van der Waals surface area contributed by atoms with Gasteiger partial charge in [0.05, 0.1) is 0 Å². The second-order valence-electron chi connectivity index (χ2n) is 16.3. The van der Waals surface area contributed by atoms with E-state index in [1.807, 2.05) is 86.6 Å². The van der Waals surface area contributed by atoms with Crippen molar-refractivity contribution in [2.24, 2.45) is 0 Å². The molecule has 316 valence electrons. The van der Waals surface area contributed by atoms with Gasteiger partial charge in [-0.25, -0.2) is 0 Å². The summed E-state index contributed by atoms with van der Waals surface area (Å²) in [6.07, 6.45) is 16.2. The van der Waals surface area contributed by atoms with Crippen molar-refractivity contribution in [3.05, 3.63) is 143 Å². The number of nitrogens with one attached hydrogen (secondary N) is 2. The van der Waals surface area contributed by atoms with Crippen LogP contribution < -0.4 is 20.4 Å². The summed E-state index contributed by atoms with van der Waals surface area (Å²) in [5.74, 6) is -3.72. The first-order chi connectivity index (χ1) is 29.5. The quantitative estimate of drug-likeness (QED) is 0.0870. The van der Waals surface area contributed by atoms with Gasteiger partial charge in [0.1, 0.15) is 13.1 Å². The van der Waals surface area contributed by atoms with E-state index >= 15 is 0 Å². The first kappa shape index (κ1) is 44.1. The molecule has 0 aliphatic heterocycles. The second-order valence-corrected chi connectivity index (χ2v) is 16.3.